The summed E-state index contributed by atoms with van der Waals surface area (Å²) in [7, 11) is 1.97. The first-order valence-electron chi connectivity index (χ1n) is 5.92. The normalized spacial score (nSPS) is 12.4. The molecule has 0 radical (unpaired) electrons. The van der Waals surface area contributed by atoms with Gasteiger partial charge in [-0.05, 0) is 19.4 Å². The summed E-state index contributed by atoms with van der Waals surface area (Å²) in [4.78, 5) is 0. The van der Waals surface area contributed by atoms with E-state index in [1.165, 1.54) is 11.3 Å². The first kappa shape index (κ1) is 12.8. The zero-order valence-electron chi connectivity index (χ0n) is 10.5. The summed E-state index contributed by atoms with van der Waals surface area (Å²) in [6, 6.07) is 0.338. The van der Waals surface area contributed by atoms with Crippen molar-refractivity contribution in [2.75, 3.05) is 6.54 Å². The molecule has 0 aliphatic carbocycles. The molecule has 0 spiro atoms. The lowest BCUT2D eigenvalue weighted by molar-refractivity contribution is 0.519. The van der Waals surface area contributed by atoms with Crippen LogP contribution in [0.5, 0.6) is 0 Å². The van der Waals surface area contributed by atoms with Gasteiger partial charge in [-0.2, -0.15) is 5.10 Å². The quantitative estimate of drug-likeness (QED) is 0.742. The molecule has 0 fully saturated rings. The molecule has 1 rings (SSSR count). The fraction of sp³-hybridized carbons (Fsp3) is 0.615. The monoisotopic (exact) mass is 219 g/mol. The van der Waals surface area contributed by atoms with Gasteiger partial charge >= 0.3 is 0 Å². The van der Waals surface area contributed by atoms with Crippen LogP contribution in [-0.2, 0) is 13.5 Å². The Labute approximate surface area is 98.2 Å². The number of aryl methyl sites for hydroxylation is 2. The summed E-state index contributed by atoms with van der Waals surface area (Å²) >= 11 is 0. The molecule has 1 atom stereocenters. The summed E-state index contributed by atoms with van der Waals surface area (Å²) in [6.45, 7) is 5.20. The Balaban J connectivity index is 2.86. The summed E-state index contributed by atoms with van der Waals surface area (Å²) in [6.07, 6.45) is 10.2. The van der Waals surface area contributed by atoms with Gasteiger partial charge in [0.25, 0.3) is 0 Å². The van der Waals surface area contributed by atoms with E-state index < -0.39 is 0 Å². The smallest absolute Gasteiger partial charge is 0.0669 e. The molecule has 0 aliphatic heterocycles. The average Bonchev–Trinajstić information content (AvgIpc) is 2.65. The zero-order valence-corrected chi connectivity index (χ0v) is 10.5. The Morgan fingerprint density at radius 2 is 2.31 bits per heavy atom. The Morgan fingerprint density at radius 1 is 1.56 bits per heavy atom. The van der Waals surface area contributed by atoms with Gasteiger partial charge in [0.1, 0.15) is 0 Å². The van der Waals surface area contributed by atoms with Crippen molar-refractivity contribution in [3.8, 4) is 12.3 Å². The molecule has 0 aliphatic rings. The van der Waals surface area contributed by atoms with E-state index >= 15 is 0 Å². The predicted octanol–water partition coefficient (Wildman–Crippen LogP) is 2.05. The average molecular weight is 219 g/mol. The molecular weight excluding hydrogens is 198 g/mol. The van der Waals surface area contributed by atoms with Gasteiger partial charge in [-0.1, -0.05) is 13.8 Å². The largest absolute Gasteiger partial charge is 0.310 e. The van der Waals surface area contributed by atoms with Crippen molar-refractivity contribution in [2.24, 2.45) is 7.05 Å². The van der Waals surface area contributed by atoms with Gasteiger partial charge in [0.2, 0.25) is 0 Å². The molecule has 16 heavy (non-hydrogen) atoms. The Bertz CT molecular complexity index is 360. The molecule has 0 saturated heterocycles. The molecule has 0 amide bonds. The van der Waals surface area contributed by atoms with Crippen molar-refractivity contribution in [1.29, 1.82) is 0 Å². The molecule has 1 aromatic heterocycles. The van der Waals surface area contributed by atoms with Crippen molar-refractivity contribution in [3.63, 3.8) is 0 Å². The lowest BCUT2D eigenvalue weighted by Crippen LogP contribution is -2.21. The van der Waals surface area contributed by atoms with Crippen molar-refractivity contribution < 1.29 is 0 Å². The van der Waals surface area contributed by atoms with E-state index in [0.717, 1.165) is 25.8 Å². The topological polar surface area (TPSA) is 29.9 Å². The zero-order chi connectivity index (χ0) is 12.0. The fourth-order valence-electron chi connectivity index (χ4n) is 1.96. The molecule has 1 N–H and O–H groups in total. The highest BCUT2D eigenvalue weighted by Gasteiger charge is 2.16. The van der Waals surface area contributed by atoms with Gasteiger partial charge in [0.15, 0.2) is 0 Å². The Hall–Kier alpha value is -1.27. The van der Waals surface area contributed by atoms with Gasteiger partial charge in [0, 0.05) is 31.3 Å². The van der Waals surface area contributed by atoms with Crippen LogP contribution in [0.3, 0.4) is 0 Å². The lowest BCUT2D eigenvalue weighted by Gasteiger charge is -2.16. The maximum Gasteiger partial charge on any atom is 0.0669 e. The van der Waals surface area contributed by atoms with Gasteiger partial charge in [0.05, 0.1) is 5.69 Å². The van der Waals surface area contributed by atoms with Crippen LogP contribution >= 0.6 is 0 Å². The minimum absolute atomic E-state index is 0.338. The summed E-state index contributed by atoms with van der Waals surface area (Å²) in [5, 5.41) is 7.94. The molecule has 1 unspecified atom stereocenters. The van der Waals surface area contributed by atoms with Crippen LogP contribution in [0.25, 0.3) is 0 Å². The Morgan fingerprint density at radius 3 is 2.88 bits per heavy atom. The van der Waals surface area contributed by atoms with Crippen LogP contribution in [0, 0.1) is 12.3 Å². The Kier molecular flexibility index (Phi) is 5.07. The maximum atomic E-state index is 5.33. The number of aromatic nitrogens is 2. The van der Waals surface area contributed by atoms with Crippen LogP contribution in [-0.4, -0.2) is 16.3 Å². The van der Waals surface area contributed by atoms with E-state index in [0.29, 0.717) is 6.04 Å². The van der Waals surface area contributed by atoms with E-state index in [2.05, 4.69) is 36.4 Å². The van der Waals surface area contributed by atoms with Crippen molar-refractivity contribution in [2.45, 2.75) is 39.2 Å². The van der Waals surface area contributed by atoms with Gasteiger partial charge in [-0.25, -0.2) is 0 Å². The summed E-state index contributed by atoms with van der Waals surface area (Å²) in [5.41, 5.74) is 2.47. The van der Waals surface area contributed by atoms with E-state index in [-0.39, 0.29) is 0 Å². The van der Waals surface area contributed by atoms with Crippen molar-refractivity contribution in [1.82, 2.24) is 15.1 Å². The maximum absolute atomic E-state index is 5.33. The predicted molar refractivity (Wildman–Crippen MR) is 67.1 cm³/mol. The molecule has 3 nitrogen and oxygen atoms in total. The summed E-state index contributed by atoms with van der Waals surface area (Å²) in [5.74, 6) is 2.70. The van der Waals surface area contributed by atoms with Gasteiger partial charge < -0.3 is 5.32 Å². The van der Waals surface area contributed by atoms with E-state index in [4.69, 9.17) is 6.42 Å². The number of rotatable bonds is 6. The van der Waals surface area contributed by atoms with Crippen molar-refractivity contribution >= 4 is 0 Å². The van der Waals surface area contributed by atoms with Crippen LogP contribution in [0.15, 0.2) is 6.20 Å². The lowest BCUT2D eigenvalue weighted by atomic mass is 10.0. The highest BCUT2D eigenvalue weighted by molar-refractivity contribution is 5.21. The fourth-order valence-corrected chi connectivity index (χ4v) is 1.96. The number of nitrogens with one attached hydrogen (secondary N) is 1. The van der Waals surface area contributed by atoms with Crippen LogP contribution in [0.1, 0.15) is 44.0 Å². The molecule has 0 aromatic carbocycles. The van der Waals surface area contributed by atoms with Crippen LogP contribution < -0.4 is 5.32 Å². The van der Waals surface area contributed by atoms with Crippen molar-refractivity contribution in [3.05, 3.63) is 17.5 Å². The number of terminal acetylenes is 1. The molecule has 0 saturated carbocycles. The molecule has 0 bridgehead atoms. The second kappa shape index (κ2) is 6.34. The number of nitrogens with zero attached hydrogens (tertiary/aromatic N) is 2. The highest BCUT2D eigenvalue weighted by atomic mass is 15.3. The molecular formula is C13H21N3. The second-order valence-corrected chi connectivity index (χ2v) is 3.91. The molecule has 1 aromatic rings. The van der Waals surface area contributed by atoms with Gasteiger partial charge in [-0.15, -0.1) is 12.3 Å². The molecule has 3 heteroatoms. The highest BCUT2D eigenvalue weighted by Crippen LogP contribution is 2.21. The van der Waals surface area contributed by atoms with Crippen LogP contribution in [0.4, 0.5) is 0 Å². The van der Waals surface area contributed by atoms with E-state index in [1.54, 1.807) is 0 Å². The SMILES string of the molecule is C#CCCC(NCC)c1cn(C)nc1CC. The minimum atomic E-state index is 0.338. The van der Waals surface area contributed by atoms with E-state index in [9.17, 15) is 0 Å². The molecule has 1 heterocycles. The summed E-state index contributed by atoms with van der Waals surface area (Å²) < 4.78 is 1.88. The van der Waals surface area contributed by atoms with Gasteiger partial charge in [-0.3, -0.25) is 4.68 Å². The number of hydrogen-bond donors (Lipinski definition) is 1. The third-order valence-electron chi connectivity index (χ3n) is 2.68. The second-order valence-electron chi connectivity index (χ2n) is 3.91. The molecule has 88 valence electrons. The third kappa shape index (κ3) is 3.11. The third-order valence-corrected chi connectivity index (χ3v) is 2.68. The van der Waals surface area contributed by atoms with E-state index in [1.807, 2.05) is 11.7 Å². The van der Waals surface area contributed by atoms with Crippen LogP contribution in [0.2, 0.25) is 0 Å². The first-order valence-corrected chi connectivity index (χ1v) is 5.92. The standard InChI is InChI=1S/C13H21N3/c1-5-8-9-13(14-7-3)11-10-16(4)15-12(11)6-2/h1,10,13-14H,6-9H2,2-4H3. The number of hydrogen-bond acceptors (Lipinski definition) is 2. The minimum Gasteiger partial charge on any atom is -0.310 e. The first-order chi connectivity index (χ1) is 7.72.